The van der Waals surface area contributed by atoms with Crippen LogP contribution < -0.4 is 25.6 Å². The molecule has 0 aromatic heterocycles. The van der Waals surface area contributed by atoms with Crippen LogP contribution in [0.3, 0.4) is 0 Å². The van der Waals surface area contributed by atoms with E-state index in [1.807, 2.05) is 85.4 Å². The molecule has 29 heteroatoms. The first-order valence-corrected chi connectivity index (χ1v) is 50.7. The average Bonchev–Trinajstić information content (AvgIpc) is 0.765. The number of carboxylic acid groups (broad SMARTS) is 2. The zero-order valence-electron chi connectivity index (χ0n) is 84.6. The van der Waals surface area contributed by atoms with E-state index in [1.54, 1.807) is 94.4 Å². The van der Waals surface area contributed by atoms with Crippen LogP contribution in [0.1, 0.15) is 215 Å². The number of carboxylic acids is 2. The van der Waals surface area contributed by atoms with E-state index >= 15 is 0 Å². The lowest BCUT2D eigenvalue weighted by molar-refractivity contribution is -0.138. The molecule has 146 heavy (non-hydrogen) atoms. The second-order valence-corrected chi connectivity index (χ2v) is 40.2. The van der Waals surface area contributed by atoms with Crippen LogP contribution in [0, 0.1) is 41.5 Å². The molecule has 0 radical (unpaired) electrons. The Bertz CT molecular complexity index is 6010. The molecule has 12 aromatic rings. The van der Waals surface area contributed by atoms with Gasteiger partial charge in [-0.3, -0.25) is 24.3 Å². The fraction of sp³-hybridized carbons (Fsp3) is 0.350. The minimum absolute atomic E-state index is 0.119. The zero-order chi connectivity index (χ0) is 106. The Labute approximate surface area is 859 Å². The number of ether oxygens (including phenoxy) is 2. The summed E-state index contributed by atoms with van der Waals surface area (Å²) in [5.41, 5.74) is 16.6. The van der Waals surface area contributed by atoms with E-state index in [0.717, 1.165) is 121 Å². The zero-order valence-corrected chi connectivity index (χ0v) is 86.2. The lowest BCUT2D eigenvalue weighted by Crippen LogP contribution is -2.27. The summed E-state index contributed by atoms with van der Waals surface area (Å²) in [6.45, 7) is 33.1. The van der Waals surface area contributed by atoms with Crippen molar-refractivity contribution in [3.63, 3.8) is 0 Å². The van der Waals surface area contributed by atoms with Gasteiger partial charge in [0.15, 0.2) is 0 Å². The van der Waals surface area contributed by atoms with Crippen molar-refractivity contribution in [3.8, 4) is 5.75 Å². The van der Waals surface area contributed by atoms with Gasteiger partial charge < -0.3 is 40.5 Å². The molecule has 0 saturated carbocycles. The van der Waals surface area contributed by atoms with E-state index in [2.05, 4.69) is 162 Å². The van der Waals surface area contributed by atoms with Gasteiger partial charge in [-0.2, -0.15) is 64.4 Å². The highest BCUT2D eigenvalue weighted by Gasteiger charge is 2.35. The van der Waals surface area contributed by atoms with E-state index in [1.165, 1.54) is 87.6 Å². The van der Waals surface area contributed by atoms with Crippen molar-refractivity contribution in [2.24, 2.45) is 0 Å². The Morgan fingerprint density at radius 3 is 1.04 bits per heavy atom. The molecule has 0 atom stereocenters. The molecule has 0 saturated heterocycles. The van der Waals surface area contributed by atoms with Crippen LogP contribution in [0.25, 0.3) is 0 Å². The molecule has 0 amide bonds. The molecule has 0 aliphatic carbocycles. The minimum atomic E-state index is -4.39. The first kappa shape index (κ1) is 117. The maximum Gasteiger partial charge on any atom is 0.416 e. The molecule has 0 spiro atoms. The second kappa shape index (κ2) is 57.9. The number of hydrogen-bond donors (Lipinski definition) is 5. The monoisotopic (exact) mass is 2060 g/mol. The molecule has 12 rings (SSSR count). The van der Waals surface area contributed by atoms with Crippen molar-refractivity contribution in [1.29, 1.82) is 0 Å². The van der Waals surface area contributed by atoms with Gasteiger partial charge in [-0.05, 0) is 292 Å². The average molecular weight is 2060 g/mol. The van der Waals surface area contributed by atoms with Gasteiger partial charge in [0, 0.05) is 101 Å². The number of benzene rings is 12. The van der Waals surface area contributed by atoms with Gasteiger partial charge in [0.25, 0.3) is 12.9 Å². The quantitative estimate of drug-likeness (QED) is 0.00800. The lowest BCUT2D eigenvalue weighted by Gasteiger charge is -2.26. The number of anilines is 1. The molecular formula is C117H133F12N7O8S2. The first-order valence-electron chi connectivity index (χ1n) is 48.5. The van der Waals surface area contributed by atoms with Crippen LogP contribution in [0.2, 0.25) is 0 Å². The highest BCUT2D eigenvalue weighted by Crippen LogP contribution is 2.37. The summed E-state index contributed by atoms with van der Waals surface area (Å²) in [6.07, 6.45) is -14.1. The number of alkyl halides is 12. The molecule has 0 unspecified atom stereocenters. The maximum absolute atomic E-state index is 13.4. The van der Waals surface area contributed by atoms with Crippen LogP contribution in [0.15, 0.2) is 272 Å². The Morgan fingerprint density at radius 2 is 0.685 bits per heavy atom. The second-order valence-electron chi connectivity index (χ2n) is 38.1. The molecule has 0 fully saturated rings. The molecule has 0 bridgehead atoms. The van der Waals surface area contributed by atoms with Crippen molar-refractivity contribution in [2.45, 2.75) is 214 Å². The summed E-state index contributed by atoms with van der Waals surface area (Å²) in [5, 5.41) is 28.4. The summed E-state index contributed by atoms with van der Waals surface area (Å²) < 4.78 is 170. The summed E-state index contributed by atoms with van der Waals surface area (Å²) >= 11 is 3.25. The number of carbonyl (C=O) groups is 4. The summed E-state index contributed by atoms with van der Waals surface area (Å²) in [4.78, 5) is 52.5. The summed E-state index contributed by atoms with van der Waals surface area (Å²) in [7, 11) is 0. The Balaban J connectivity index is 0.000000217. The molecular weight excluding hydrogens is 1920 g/mol. The fourth-order valence-electron chi connectivity index (χ4n) is 16.4. The maximum atomic E-state index is 13.4. The third kappa shape index (κ3) is 42.8. The van der Waals surface area contributed by atoms with Crippen molar-refractivity contribution < 1.29 is 91.5 Å². The number of rotatable bonds is 48. The number of nitrogens with one attached hydrogen (secondary N) is 3. The number of aryl methyl sites for hydroxylation is 6. The minimum Gasteiger partial charge on any atom is -0.478 e. The topological polar surface area (TPSA) is 176 Å². The number of thioether (sulfide) groups is 2. The van der Waals surface area contributed by atoms with Crippen LogP contribution in [0.4, 0.5) is 58.4 Å². The van der Waals surface area contributed by atoms with E-state index in [4.69, 9.17) is 19.7 Å². The lowest BCUT2D eigenvalue weighted by atomic mass is 9.87. The van der Waals surface area contributed by atoms with Gasteiger partial charge in [-0.15, -0.1) is 0 Å². The van der Waals surface area contributed by atoms with E-state index < -0.39 is 58.9 Å². The molecule has 5 N–H and O–H groups in total. The standard InChI is InChI=1S/C31H37F3N2O2S.C30H35F3N2O2.C28H31F3N2O2.C28H30F3NO2S/c1-23-16-25(18-27(17-23)31(32,33)34)20-36(28-10-12-29(13-11-28)39-22-38-21-37)15-5-14-35-19-24-6-8-26(9-7-24)30(2,3)4;1-21(2)26-9-5-23(6-10-26)18-34-13-4-14-35(19-24-7-11-27(12-8-24)29(36)37)20-25-15-22(3)16-28(17-25)30(31,32)33;1-20-4-6-23(7-5-20)18-33(19-24-14-21(2)15-26(16-24)28(29,30)31)13-3-12-32-17-22-8-10-25(11-9-22)27(34)35;1-21-4-6-24(7-5-21)19-35-13-3-12-32(17-23-8-10-27(11-9-23)34-20-33)18-25-14-22(2)15-26(16-25)28(29,30)31/h6-13,16-18,21,35H,5,14-15,19-20,22H2,1-4H3;5-12,15-17,21,34H,4,13-14,18-20H2,1-3H3,(H,36,37);4-11,14-16,32H,3,12-13,17-19H2,1-2H3,(H,34,35);4-11,14-16,20H,3,12-13,17-19H2,1-2H3. The van der Waals surface area contributed by atoms with Gasteiger partial charge in [0.05, 0.1) is 33.4 Å². The van der Waals surface area contributed by atoms with E-state index in [0.29, 0.717) is 141 Å². The van der Waals surface area contributed by atoms with Crippen molar-refractivity contribution in [1.82, 2.24) is 30.7 Å². The summed E-state index contributed by atoms with van der Waals surface area (Å²) in [6, 6.07) is 79.1. The number of aromatic carboxylic acids is 2. The van der Waals surface area contributed by atoms with Crippen LogP contribution in [-0.2, 0) is 116 Å². The van der Waals surface area contributed by atoms with Gasteiger partial charge in [-0.25, -0.2) is 9.59 Å². The van der Waals surface area contributed by atoms with Crippen molar-refractivity contribution in [2.75, 3.05) is 62.4 Å². The van der Waals surface area contributed by atoms with Crippen LogP contribution in [0.5, 0.6) is 5.75 Å². The summed E-state index contributed by atoms with van der Waals surface area (Å²) in [5.74, 6) is 1.12. The van der Waals surface area contributed by atoms with E-state index in [9.17, 15) is 71.9 Å². The van der Waals surface area contributed by atoms with Gasteiger partial charge in [0.2, 0.25) is 0 Å². The highest BCUT2D eigenvalue weighted by atomic mass is 32.2. The van der Waals surface area contributed by atoms with Crippen LogP contribution >= 0.6 is 23.5 Å². The van der Waals surface area contributed by atoms with E-state index in [-0.39, 0.29) is 22.5 Å². The van der Waals surface area contributed by atoms with Crippen molar-refractivity contribution in [3.05, 3.63) is 406 Å². The third-order valence-corrected chi connectivity index (χ3v) is 25.9. The molecule has 0 aliphatic heterocycles. The Morgan fingerprint density at radius 1 is 0.356 bits per heavy atom. The third-order valence-electron chi connectivity index (χ3n) is 23.9. The van der Waals surface area contributed by atoms with Crippen LogP contribution in [-0.4, -0.2) is 107 Å². The van der Waals surface area contributed by atoms with Gasteiger partial charge in [0.1, 0.15) is 11.7 Å². The first-order chi connectivity index (χ1) is 69.3. The molecule has 0 heterocycles. The molecule has 15 nitrogen and oxygen atoms in total. The number of hydrogen-bond acceptors (Lipinski definition) is 15. The SMILES string of the molecule is Cc1cc(CN(CCCNCc2ccc(C(C)(C)C)cc2)c2ccc(SCOC=O)cc2)cc(C(F)(F)F)c1.Cc1cc(CN(CCCNCc2ccc(C(C)C)cc2)Cc2ccc(C(=O)O)cc2)cc(C(F)(F)F)c1.Cc1ccc(CN(CCCNCc2ccc(C(=O)O)cc2)Cc2cc(C)cc(C(F)(F)F)c2)cc1.Cc1ccc(CSCCCN(Cc2ccc(OC=O)cc2)Cc2cc(C)cc(C(F)(F)F)c2)cc1. The smallest absolute Gasteiger partial charge is 0.416 e. The number of carbonyl (C=O) groups excluding carboxylic acids is 2. The molecule has 0 aliphatic rings. The Kier molecular flexibility index (Phi) is 46.6. The highest BCUT2D eigenvalue weighted by molar-refractivity contribution is 7.99. The predicted octanol–water partition coefficient (Wildman–Crippen LogP) is 28.1. The van der Waals surface area contributed by atoms with Gasteiger partial charge in [-0.1, -0.05) is 237 Å². The molecule has 12 aromatic carbocycles. The predicted molar refractivity (Wildman–Crippen MR) is 560 cm³/mol. The molecule has 780 valence electrons. The number of nitrogens with zero attached hydrogens (tertiary/aromatic N) is 4. The normalized spacial score (nSPS) is 11.8. The van der Waals surface area contributed by atoms with Crippen molar-refractivity contribution >= 4 is 54.1 Å². The largest absolute Gasteiger partial charge is 0.478 e. The van der Waals surface area contributed by atoms with Gasteiger partial charge >= 0.3 is 36.6 Å². The number of halogens is 12. The Hall–Kier alpha value is -12.1. The fourth-order valence-corrected chi connectivity index (χ4v) is 17.9.